The Morgan fingerprint density at radius 3 is 2.62 bits per heavy atom. The second-order valence-electron chi connectivity index (χ2n) is 5.78. The summed E-state index contributed by atoms with van der Waals surface area (Å²) in [4.78, 5) is 4.65. The molecule has 1 heterocycles. The fourth-order valence-corrected chi connectivity index (χ4v) is 2.76. The van der Waals surface area contributed by atoms with Gasteiger partial charge in [-0.1, -0.05) is 17.7 Å². The third-order valence-corrected chi connectivity index (χ3v) is 4.33. The largest absolute Gasteiger partial charge is 0.496 e. The van der Waals surface area contributed by atoms with Crippen LogP contribution in [0.4, 0.5) is 0 Å². The number of methoxy groups -OCH3 is 1. The van der Waals surface area contributed by atoms with Crippen LogP contribution in [0.5, 0.6) is 5.75 Å². The molecule has 8 heteroatoms. The Kier molecular flexibility index (Phi) is 9.21. The number of nitrogens with zero attached hydrogens (tertiary/aromatic N) is 3. The lowest BCUT2D eigenvalue weighted by molar-refractivity contribution is 0.410. The van der Waals surface area contributed by atoms with Gasteiger partial charge in [0.2, 0.25) is 0 Å². The van der Waals surface area contributed by atoms with Crippen LogP contribution in [0, 0.1) is 13.8 Å². The van der Waals surface area contributed by atoms with Gasteiger partial charge in [-0.15, -0.1) is 24.0 Å². The molecule has 6 nitrogen and oxygen atoms in total. The maximum Gasteiger partial charge on any atom is 0.191 e. The minimum atomic E-state index is 0. The van der Waals surface area contributed by atoms with E-state index in [9.17, 15) is 0 Å². The standard InChI is InChI=1S/C18H26ClN5O.HI/c1-6-20-18(22-11-16-12(2)23-24(4)13(16)3)21-10-14-7-8-15(19)9-17(14)25-5;/h7-9H,6,10-11H2,1-5H3,(H2,20,21,22);1H. The quantitative estimate of drug-likeness (QED) is 0.368. The molecule has 0 spiro atoms. The Morgan fingerprint density at radius 1 is 1.31 bits per heavy atom. The summed E-state index contributed by atoms with van der Waals surface area (Å²) in [6, 6.07) is 5.58. The molecule has 0 aliphatic heterocycles. The third kappa shape index (κ3) is 5.77. The minimum Gasteiger partial charge on any atom is -0.496 e. The van der Waals surface area contributed by atoms with Gasteiger partial charge < -0.3 is 15.4 Å². The highest BCUT2D eigenvalue weighted by Gasteiger charge is 2.10. The van der Waals surface area contributed by atoms with Gasteiger partial charge in [-0.05, 0) is 32.9 Å². The Labute approximate surface area is 177 Å². The Hall–Kier alpha value is -1.48. The molecular weight excluding hydrogens is 465 g/mol. The summed E-state index contributed by atoms with van der Waals surface area (Å²) in [6.45, 7) is 8.09. The Morgan fingerprint density at radius 2 is 2.04 bits per heavy atom. The van der Waals surface area contributed by atoms with Crippen LogP contribution in [0.25, 0.3) is 0 Å². The lowest BCUT2D eigenvalue weighted by Crippen LogP contribution is -2.37. The average molecular weight is 492 g/mol. The van der Waals surface area contributed by atoms with Gasteiger partial charge in [0, 0.05) is 42.0 Å². The molecule has 1 aromatic carbocycles. The van der Waals surface area contributed by atoms with Crippen molar-refractivity contribution in [2.45, 2.75) is 33.9 Å². The van der Waals surface area contributed by atoms with Crippen molar-refractivity contribution in [1.82, 2.24) is 20.4 Å². The number of aromatic nitrogens is 2. The van der Waals surface area contributed by atoms with Crippen LogP contribution in [-0.2, 0) is 20.1 Å². The first-order chi connectivity index (χ1) is 12.0. The molecule has 0 fully saturated rings. The van der Waals surface area contributed by atoms with Crippen molar-refractivity contribution < 1.29 is 4.74 Å². The van der Waals surface area contributed by atoms with Crippen LogP contribution < -0.4 is 15.4 Å². The van der Waals surface area contributed by atoms with Gasteiger partial charge in [-0.3, -0.25) is 4.68 Å². The van der Waals surface area contributed by atoms with E-state index < -0.39 is 0 Å². The number of aliphatic imine (C=N–C) groups is 1. The molecule has 26 heavy (non-hydrogen) atoms. The van der Waals surface area contributed by atoms with E-state index in [1.54, 1.807) is 13.2 Å². The maximum absolute atomic E-state index is 6.01. The summed E-state index contributed by atoms with van der Waals surface area (Å²) < 4.78 is 7.27. The van der Waals surface area contributed by atoms with Gasteiger partial charge in [0.1, 0.15) is 5.75 Å². The van der Waals surface area contributed by atoms with Crippen molar-refractivity contribution in [2.75, 3.05) is 13.7 Å². The monoisotopic (exact) mass is 491 g/mol. The zero-order chi connectivity index (χ0) is 18.4. The zero-order valence-electron chi connectivity index (χ0n) is 15.9. The Bertz CT molecular complexity index is 760. The molecule has 0 amide bonds. The fourth-order valence-electron chi connectivity index (χ4n) is 2.60. The van der Waals surface area contributed by atoms with E-state index in [1.807, 2.05) is 37.7 Å². The van der Waals surface area contributed by atoms with Crippen molar-refractivity contribution in [3.63, 3.8) is 0 Å². The lowest BCUT2D eigenvalue weighted by Gasteiger charge is -2.12. The van der Waals surface area contributed by atoms with Crippen LogP contribution in [-0.4, -0.2) is 29.4 Å². The van der Waals surface area contributed by atoms with E-state index in [-0.39, 0.29) is 24.0 Å². The van der Waals surface area contributed by atoms with E-state index in [4.69, 9.17) is 16.3 Å². The Balaban J connectivity index is 0.00000338. The first kappa shape index (κ1) is 22.6. The number of rotatable bonds is 6. The van der Waals surface area contributed by atoms with Gasteiger partial charge in [-0.2, -0.15) is 5.10 Å². The number of aryl methyl sites for hydroxylation is 2. The number of nitrogens with one attached hydrogen (secondary N) is 2. The van der Waals surface area contributed by atoms with E-state index in [0.29, 0.717) is 18.1 Å². The van der Waals surface area contributed by atoms with Crippen molar-refractivity contribution >= 4 is 41.5 Å². The highest BCUT2D eigenvalue weighted by Crippen LogP contribution is 2.23. The number of guanidine groups is 1. The van der Waals surface area contributed by atoms with Crippen molar-refractivity contribution in [3.8, 4) is 5.75 Å². The molecule has 0 bridgehead atoms. The van der Waals surface area contributed by atoms with E-state index in [2.05, 4.69) is 27.6 Å². The first-order valence-corrected chi connectivity index (χ1v) is 8.67. The molecular formula is C18H27ClIN5O. The van der Waals surface area contributed by atoms with E-state index in [0.717, 1.165) is 35.2 Å². The molecule has 2 rings (SSSR count). The predicted octanol–water partition coefficient (Wildman–Crippen LogP) is 3.57. The summed E-state index contributed by atoms with van der Waals surface area (Å²) in [5.41, 5.74) is 4.36. The highest BCUT2D eigenvalue weighted by atomic mass is 127. The molecule has 0 aliphatic rings. The smallest absolute Gasteiger partial charge is 0.191 e. The second kappa shape index (κ2) is 10.6. The van der Waals surface area contributed by atoms with Crippen LogP contribution >= 0.6 is 35.6 Å². The topological polar surface area (TPSA) is 63.5 Å². The van der Waals surface area contributed by atoms with Gasteiger partial charge in [0.15, 0.2) is 5.96 Å². The maximum atomic E-state index is 6.01. The molecule has 1 aromatic heterocycles. The number of hydrogen-bond acceptors (Lipinski definition) is 3. The molecule has 0 saturated carbocycles. The van der Waals surface area contributed by atoms with Gasteiger partial charge >= 0.3 is 0 Å². The van der Waals surface area contributed by atoms with Gasteiger partial charge in [-0.25, -0.2) is 4.99 Å². The number of ether oxygens (including phenoxy) is 1. The second-order valence-corrected chi connectivity index (χ2v) is 6.21. The molecule has 0 aliphatic carbocycles. The number of halogens is 2. The lowest BCUT2D eigenvalue weighted by atomic mass is 10.2. The molecule has 0 unspecified atom stereocenters. The molecule has 0 atom stereocenters. The number of benzene rings is 1. The predicted molar refractivity (Wildman–Crippen MR) is 118 cm³/mol. The zero-order valence-corrected chi connectivity index (χ0v) is 19.0. The van der Waals surface area contributed by atoms with Crippen molar-refractivity contribution in [2.24, 2.45) is 12.0 Å². The summed E-state index contributed by atoms with van der Waals surface area (Å²) >= 11 is 6.01. The van der Waals surface area contributed by atoms with E-state index >= 15 is 0 Å². The van der Waals surface area contributed by atoms with Crippen LogP contribution in [0.2, 0.25) is 5.02 Å². The normalized spacial score (nSPS) is 11.1. The highest BCUT2D eigenvalue weighted by molar-refractivity contribution is 14.0. The number of hydrogen-bond donors (Lipinski definition) is 2. The van der Waals surface area contributed by atoms with Gasteiger partial charge in [0.25, 0.3) is 0 Å². The summed E-state index contributed by atoms with van der Waals surface area (Å²) in [6.07, 6.45) is 0. The summed E-state index contributed by atoms with van der Waals surface area (Å²) in [5, 5.41) is 11.7. The SMILES string of the molecule is CCNC(=NCc1ccc(Cl)cc1OC)NCc1c(C)nn(C)c1C.I. The van der Waals surface area contributed by atoms with Crippen molar-refractivity contribution in [1.29, 1.82) is 0 Å². The summed E-state index contributed by atoms with van der Waals surface area (Å²) in [5.74, 6) is 1.49. The molecule has 144 valence electrons. The van der Waals surface area contributed by atoms with Crippen LogP contribution in [0.1, 0.15) is 29.4 Å². The fraction of sp³-hybridized carbons (Fsp3) is 0.444. The molecule has 2 aromatic rings. The van der Waals surface area contributed by atoms with Gasteiger partial charge in [0.05, 0.1) is 19.3 Å². The van der Waals surface area contributed by atoms with Crippen LogP contribution in [0.3, 0.4) is 0 Å². The first-order valence-electron chi connectivity index (χ1n) is 8.29. The van der Waals surface area contributed by atoms with E-state index in [1.165, 1.54) is 5.56 Å². The third-order valence-electron chi connectivity index (χ3n) is 4.09. The molecule has 2 N–H and O–H groups in total. The van der Waals surface area contributed by atoms with Crippen molar-refractivity contribution in [3.05, 3.63) is 45.7 Å². The molecule has 0 radical (unpaired) electrons. The average Bonchev–Trinajstić information content (AvgIpc) is 2.83. The minimum absolute atomic E-state index is 0. The summed E-state index contributed by atoms with van der Waals surface area (Å²) in [7, 11) is 3.59. The van der Waals surface area contributed by atoms with Crippen LogP contribution in [0.15, 0.2) is 23.2 Å². The molecule has 0 saturated heterocycles.